The third-order valence-electron chi connectivity index (χ3n) is 2.46. The number of anilines is 1. The van der Waals surface area contributed by atoms with E-state index in [1.165, 1.54) is 11.8 Å². The van der Waals surface area contributed by atoms with Gasteiger partial charge in [-0.15, -0.1) is 0 Å². The quantitative estimate of drug-likeness (QED) is 0.752. The maximum atomic E-state index is 13.3. The number of aliphatic carboxylic acids is 1. The largest absolute Gasteiger partial charge is 0.480 e. The molecule has 5 nitrogen and oxygen atoms in total. The van der Waals surface area contributed by atoms with Gasteiger partial charge in [0.05, 0.1) is 0 Å². The van der Waals surface area contributed by atoms with Crippen LogP contribution in [-0.4, -0.2) is 35.2 Å². The van der Waals surface area contributed by atoms with Crippen molar-refractivity contribution in [2.24, 2.45) is 0 Å². The molecule has 0 saturated heterocycles. The van der Waals surface area contributed by atoms with Gasteiger partial charge in [0.1, 0.15) is 17.5 Å². The molecule has 0 aliphatic carbocycles. The number of benzene rings is 1. The maximum absolute atomic E-state index is 13.3. The molecule has 0 radical (unpaired) electrons. The number of nitrogens with one attached hydrogen (secondary N) is 2. The van der Waals surface area contributed by atoms with E-state index in [-0.39, 0.29) is 6.42 Å². The van der Waals surface area contributed by atoms with Gasteiger partial charge in [-0.2, -0.15) is 11.8 Å². The highest BCUT2D eigenvalue weighted by Crippen LogP contribution is 2.20. The lowest BCUT2D eigenvalue weighted by Crippen LogP contribution is -2.43. The number of carbonyl (C=O) groups is 2. The number of carbonyl (C=O) groups excluding carboxylic acids is 1. The SMILES string of the molecule is CSCCC(NC(=O)Nc1c(F)cc(F)cc1F)C(=O)O. The summed E-state index contributed by atoms with van der Waals surface area (Å²) in [5.41, 5.74) is -0.845. The van der Waals surface area contributed by atoms with E-state index in [1.54, 1.807) is 6.26 Å². The van der Waals surface area contributed by atoms with Crippen LogP contribution in [0.25, 0.3) is 0 Å². The predicted molar refractivity (Wildman–Crippen MR) is 72.9 cm³/mol. The van der Waals surface area contributed by atoms with E-state index in [0.717, 1.165) is 0 Å². The van der Waals surface area contributed by atoms with Gasteiger partial charge in [0.2, 0.25) is 0 Å². The van der Waals surface area contributed by atoms with Crippen LogP contribution in [0.1, 0.15) is 6.42 Å². The molecular formula is C12H13F3N2O3S. The Hall–Kier alpha value is -1.90. The summed E-state index contributed by atoms with van der Waals surface area (Å²) < 4.78 is 39.4. The Bertz CT molecular complexity index is 519. The minimum atomic E-state index is -1.29. The molecule has 1 atom stereocenters. The van der Waals surface area contributed by atoms with Gasteiger partial charge in [-0.05, 0) is 18.4 Å². The van der Waals surface area contributed by atoms with Gasteiger partial charge in [-0.1, -0.05) is 0 Å². The molecule has 1 rings (SSSR count). The molecule has 9 heteroatoms. The lowest BCUT2D eigenvalue weighted by Gasteiger charge is -2.15. The number of carboxylic acids is 1. The normalized spacial score (nSPS) is 11.8. The molecule has 0 aliphatic rings. The van der Waals surface area contributed by atoms with E-state index in [1.807, 2.05) is 5.32 Å². The van der Waals surface area contributed by atoms with Gasteiger partial charge in [-0.25, -0.2) is 22.8 Å². The van der Waals surface area contributed by atoms with E-state index in [9.17, 15) is 22.8 Å². The van der Waals surface area contributed by atoms with Crippen LogP contribution in [0.5, 0.6) is 0 Å². The molecule has 21 heavy (non-hydrogen) atoms. The van der Waals surface area contributed by atoms with Crippen LogP contribution < -0.4 is 10.6 Å². The van der Waals surface area contributed by atoms with Crippen LogP contribution in [0.3, 0.4) is 0 Å². The average molecular weight is 322 g/mol. The number of rotatable bonds is 6. The molecule has 0 heterocycles. The van der Waals surface area contributed by atoms with Gasteiger partial charge >= 0.3 is 12.0 Å². The fourth-order valence-corrected chi connectivity index (χ4v) is 1.93. The second kappa shape index (κ2) is 7.77. The minimum Gasteiger partial charge on any atom is -0.480 e. The number of amides is 2. The van der Waals surface area contributed by atoms with Crippen molar-refractivity contribution in [3.8, 4) is 0 Å². The fraction of sp³-hybridized carbons (Fsp3) is 0.333. The molecule has 3 N–H and O–H groups in total. The molecular weight excluding hydrogens is 309 g/mol. The number of thioether (sulfide) groups is 1. The van der Waals surface area contributed by atoms with Gasteiger partial charge in [0, 0.05) is 12.1 Å². The molecule has 1 aromatic rings. The van der Waals surface area contributed by atoms with Crippen LogP contribution in [0.15, 0.2) is 12.1 Å². The van der Waals surface area contributed by atoms with E-state index in [2.05, 4.69) is 5.32 Å². The zero-order valence-electron chi connectivity index (χ0n) is 11.0. The highest BCUT2D eigenvalue weighted by atomic mass is 32.2. The van der Waals surface area contributed by atoms with Gasteiger partial charge in [0.25, 0.3) is 0 Å². The number of urea groups is 1. The average Bonchev–Trinajstić information content (AvgIpc) is 2.38. The van der Waals surface area contributed by atoms with Crippen LogP contribution in [0.2, 0.25) is 0 Å². The lowest BCUT2D eigenvalue weighted by atomic mass is 10.2. The van der Waals surface area contributed by atoms with Crippen molar-refractivity contribution < 1.29 is 27.9 Å². The summed E-state index contributed by atoms with van der Waals surface area (Å²) in [6.45, 7) is 0. The topological polar surface area (TPSA) is 78.4 Å². The van der Waals surface area contributed by atoms with Crippen molar-refractivity contribution in [2.45, 2.75) is 12.5 Å². The Balaban J connectivity index is 2.74. The second-order valence-electron chi connectivity index (χ2n) is 4.02. The summed E-state index contributed by atoms with van der Waals surface area (Å²) in [4.78, 5) is 22.5. The summed E-state index contributed by atoms with van der Waals surface area (Å²) in [7, 11) is 0. The van der Waals surface area contributed by atoms with Gasteiger partial charge in [-0.3, -0.25) is 0 Å². The Morgan fingerprint density at radius 2 is 1.86 bits per heavy atom. The van der Waals surface area contributed by atoms with Crippen molar-refractivity contribution in [1.29, 1.82) is 0 Å². The van der Waals surface area contributed by atoms with E-state index >= 15 is 0 Å². The first-order valence-corrected chi connectivity index (χ1v) is 7.18. The Labute approximate surface area is 122 Å². The monoisotopic (exact) mass is 322 g/mol. The Kier molecular flexibility index (Phi) is 6.35. The number of hydrogen-bond acceptors (Lipinski definition) is 3. The molecule has 0 fully saturated rings. The number of carboxylic acid groups (broad SMARTS) is 1. The molecule has 116 valence electrons. The highest BCUT2D eigenvalue weighted by Gasteiger charge is 2.21. The first-order valence-electron chi connectivity index (χ1n) is 5.79. The lowest BCUT2D eigenvalue weighted by molar-refractivity contribution is -0.139. The van der Waals surface area contributed by atoms with Gasteiger partial charge < -0.3 is 15.7 Å². The summed E-state index contributed by atoms with van der Waals surface area (Å²) in [6, 6.07) is -1.47. The van der Waals surface area contributed by atoms with Crippen LogP contribution in [0, 0.1) is 17.5 Å². The van der Waals surface area contributed by atoms with Crippen molar-refractivity contribution in [3.63, 3.8) is 0 Å². The van der Waals surface area contributed by atoms with E-state index in [0.29, 0.717) is 17.9 Å². The molecule has 0 spiro atoms. The fourth-order valence-electron chi connectivity index (χ4n) is 1.46. The van der Waals surface area contributed by atoms with E-state index in [4.69, 9.17) is 5.11 Å². The highest BCUT2D eigenvalue weighted by molar-refractivity contribution is 7.98. The molecule has 1 unspecified atom stereocenters. The van der Waals surface area contributed by atoms with Gasteiger partial charge in [0.15, 0.2) is 11.6 Å². The standard InChI is InChI=1S/C12H13F3N2O3S/c1-21-3-2-9(11(18)19)16-12(20)17-10-7(14)4-6(13)5-8(10)15/h4-5,9H,2-3H2,1H3,(H,18,19)(H2,16,17,20). The smallest absolute Gasteiger partial charge is 0.326 e. The summed E-state index contributed by atoms with van der Waals surface area (Å²) >= 11 is 1.39. The van der Waals surface area contributed by atoms with Crippen molar-refractivity contribution >= 4 is 29.4 Å². The van der Waals surface area contributed by atoms with Crippen LogP contribution in [0.4, 0.5) is 23.7 Å². The van der Waals surface area contributed by atoms with Crippen LogP contribution >= 0.6 is 11.8 Å². The first-order chi connectivity index (χ1) is 9.85. The zero-order valence-corrected chi connectivity index (χ0v) is 11.8. The van der Waals surface area contributed by atoms with Crippen molar-refractivity contribution in [3.05, 3.63) is 29.6 Å². The molecule has 2 amide bonds. The Morgan fingerprint density at radius 1 is 1.29 bits per heavy atom. The van der Waals surface area contributed by atoms with Crippen LogP contribution in [-0.2, 0) is 4.79 Å². The summed E-state index contributed by atoms with van der Waals surface area (Å²) in [5, 5.41) is 12.8. The Morgan fingerprint density at radius 3 is 2.33 bits per heavy atom. The molecule has 0 bridgehead atoms. The molecule has 0 aliphatic heterocycles. The summed E-state index contributed by atoms with van der Waals surface area (Å²) in [6.07, 6.45) is 1.92. The third-order valence-corrected chi connectivity index (χ3v) is 3.10. The third kappa shape index (κ3) is 5.18. The van der Waals surface area contributed by atoms with Crippen molar-refractivity contribution in [2.75, 3.05) is 17.3 Å². The maximum Gasteiger partial charge on any atom is 0.326 e. The number of hydrogen-bond donors (Lipinski definition) is 3. The molecule has 0 saturated carbocycles. The first kappa shape index (κ1) is 17.2. The van der Waals surface area contributed by atoms with E-state index < -0.39 is 41.2 Å². The predicted octanol–water partition coefficient (Wildman–Crippen LogP) is 2.43. The minimum absolute atomic E-state index is 0.151. The second-order valence-corrected chi connectivity index (χ2v) is 5.00. The van der Waals surface area contributed by atoms with Crippen molar-refractivity contribution in [1.82, 2.24) is 5.32 Å². The number of halogens is 3. The molecule has 0 aromatic heterocycles. The summed E-state index contributed by atoms with van der Waals surface area (Å²) in [5.74, 6) is -4.49. The zero-order chi connectivity index (χ0) is 16.0. The molecule has 1 aromatic carbocycles.